The molecule has 1 N–H and O–H groups in total. The first-order chi connectivity index (χ1) is 15.1. The van der Waals surface area contributed by atoms with Crippen molar-refractivity contribution in [1.82, 2.24) is 19.7 Å². The van der Waals surface area contributed by atoms with Crippen LogP contribution in [0, 0.1) is 0 Å². The number of methoxy groups -OCH3 is 1. The second-order valence-corrected chi connectivity index (χ2v) is 7.20. The second kappa shape index (κ2) is 8.87. The van der Waals surface area contributed by atoms with E-state index in [9.17, 15) is 9.59 Å². The Morgan fingerprint density at radius 1 is 1.06 bits per heavy atom. The van der Waals surface area contributed by atoms with Gasteiger partial charge in [-0.1, -0.05) is 31.2 Å². The summed E-state index contributed by atoms with van der Waals surface area (Å²) in [4.78, 5) is 30.3. The Bertz CT molecular complexity index is 1270. The van der Waals surface area contributed by atoms with Crippen LogP contribution in [0.2, 0.25) is 0 Å². The lowest BCUT2D eigenvalue weighted by atomic mass is 10.1. The van der Waals surface area contributed by atoms with E-state index in [4.69, 9.17) is 4.74 Å². The number of fused-ring (bicyclic) bond motifs is 1. The van der Waals surface area contributed by atoms with Gasteiger partial charge in [0.25, 0.3) is 5.56 Å². The van der Waals surface area contributed by atoms with E-state index in [1.54, 1.807) is 30.1 Å². The summed E-state index contributed by atoms with van der Waals surface area (Å²) in [6, 6.07) is 18.7. The SMILES string of the molecule is CCc1cccc(-n2c(=O)c3cccnc3n2CC(=O)NCc2ccc(OC)cc2)c1. The van der Waals surface area contributed by atoms with Crippen LogP contribution in [-0.4, -0.2) is 27.4 Å². The number of carbonyl (C=O) groups excluding carboxylic acids is 1. The van der Waals surface area contributed by atoms with Gasteiger partial charge in [0.05, 0.1) is 18.2 Å². The topological polar surface area (TPSA) is 78.2 Å². The van der Waals surface area contributed by atoms with Crippen LogP contribution in [-0.2, 0) is 24.3 Å². The van der Waals surface area contributed by atoms with Gasteiger partial charge in [0.15, 0.2) is 5.65 Å². The van der Waals surface area contributed by atoms with E-state index >= 15 is 0 Å². The average molecular weight is 416 g/mol. The number of pyridine rings is 1. The maximum atomic E-state index is 13.1. The molecule has 2 aromatic heterocycles. The number of benzene rings is 2. The van der Waals surface area contributed by atoms with Crippen LogP contribution < -0.4 is 15.6 Å². The quantitative estimate of drug-likeness (QED) is 0.502. The minimum atomic E-state index is -0.209. The minimum Gasteiger partial charge on any atom is -0.497 e. The molecule has 0 unspecified atom stereocenters. The highest BCUT2D eigenvalue weighted by Gasteiger charge is 2.18. The number of hydrogen-bond donors (Lipinski definition) is 1. The molecule has 4 rings (SSSR count). The van der Waals surface area contributed by atoms with Crippen molar-refractivity contribution in [2.24, 2.45) is 0 Å². The molecule has 0 atom stereocenters. The summed E-state index contributed by atoms with van der Waals surface area (Å²) in [5.74, 6) is 0.553. The van der Waals surface area contributed by atoms with Crippen LogP contribution in [0.5, 0.6) is 5.75 Å². The lowest BCUT2D eigenvalue weighted by molar-refractivity contribution is -0.122. The van der Waals surface area contributed by atoms with Gasteiger partial charge in [-0.3, -0.25) is 14.3 Å². The fourth-order valence-corrected chi connectivity index (χ4v) is 3.53. The third-order valence-corrected chi connectivity index (χ3v) is 5.20. The lowest BCUT2D eigenvalue weighted by Crippen LogP contribution is -2.31. The van der Waals surface area contributed by atoms with Crippen LogP contribution in [0.3, 0.4) is 0 Å². The number of amides is 1. The molecule has 31 heavy (non-hydrogen) atoms. The Morgan fingerprint density at radius 2 is 1.87 bits per heavy atom. The zero-order chi connectivity index (χ0) is 21.8. The fourth-order valence-electron chi connectivity index (χ4n) is 3.53. The first-order valence-corrected chi connectivity index (χ1v) is 10.2. The zero-order valence-corrected chi connectivity index (χ0v) is 17.5. The number of rotatable bonds is 7. The van der Waals surface area contributed by atoms with Crippen molar-refractivity contribution in [3.63, 3.8) is 0 Å². The number of aromatic nitrogens is 3. The summed E-state index contributed by atoms with van der Waals surface area (Å²) in [6.45, 7) is 2.42. The molecule has 7 heteroatoms. The summed E-state index contributed by atoms with van der Waals surface area (Å²) in [5.41, 5.74) is 3.06. The average Bonchev–Trinajstić information content (AvgIpc) is 3.09. The van der Waals surface area contributed by atoms with Crippen molar-refractivity contribution in [3.05, 3.63) is 88.3 Å². The van der Waals surface area contributed by atoms with Gasteiger partial charge in [-0.05, 0) is 53.9 Å². The van der Waals surface area contributed by atoms with Crippen LogP contribution in [0.25, 0.3) is 16.7 Å². The van der Waals surface area contributed by atoms with Gasteiger partial charge in [0.2, 0.25) is 5.91 Å². The number of hydrogen-bond acceptors (Lipinski definition) is 4. The Kier molecular flexibility index (Phi) is 5.84. The molecular formula is C24H24N4O3. The predicted molar refractivity (Wildman–Crippen MR) is 120 cm³/mol. The van der Waals surface area contributed by atoms with E-state index in [1.165, 1.54) is 4.68 Å². The molecular weight excluding hydrogens is 392 g/mol. The van der Waals surface area contributed by atoms with E-state index in [0.29, 0.717) is 23.3 Å². The molecule has 2 aromatic carbocycles. The standard InChI is InChI=1S/C24H24N4O3/c1-3-17-6-4-7-19(14-17)28-24(30)21-8-5-13-25-23(21)27(28)16-22(29)26-15-18-9-11-20(31-2)12-10-18/h4-14H,3,15-16H2,1-2H3,(H,26,29). The van der Waals surface area contributed by atoms with Crippen LogP contribution >= 0.6 is 0 Å². The van der Waals surface area contributed by atoms with E-state index in [1.807, 2.05) is 48.5 Å². The maximum Gasteiger partial charge on any atom is 0.280 e. The van der Waals surface area contributed by atoms with E-state index in [2.05, 4.69) is 17.2 Å². The molecule has 0 saturated heterocycles. The Morgan fingerprint density at radius 3 is 2.61 bits per heavy atom. The highest BCUT2D eigenvalue weighted by molar-refractivity contribution is 5.80. The number of ether oxygens (including phenoxy) is 1. The predicted octanol–water partition coefficient (Wildman–Crippen LogP) is 3.07. The van der Waals surface area contributed by atoms with Gasteiger partial charge < -0.3 is 10.1 Å². The number of aryl methyl sites for hydroxylation is 1. The first kappa shape index (κ1) is 20.4. The Balaban J connectivity index is 1.64. The van der Waals surface area contributed by atoms with Gasteiger partial charge in [0, 0.05) is 12.7 Å². The van der Waals surface area contributed by atoms with Crippen molar-refractivity contribution < 1.29 is 9.53 Å². The molecule has 7 nitrogen and oxygen atoms in total. The molecule has 0 fully saturated rings. The zero-order valence-electron chi connectivity index (χ0n) is 17.5. The Hall–Kier alpha value is -3.87. The molecule has 4 aromatic rings. The summed E-state index contributed by atoms with van der Waals surface area (Å²) in [7, 11) is 1.61. The monoisotopic (exact) mass is 416 g/mol. The van der Waals surface area contributed by atoms with E-state index in [-0.39, 0.29) is 18.0 Å². The third kappa shape index (κ3) is 4.21. The summed E-state index contributed by atoms with van der Waals surface area (Å²) in [5, 5.41) is 3.40. The van der Waals surface area contributed by atoms with Crippen LogP contribution in [0.1, 0.15) is 18.1 Å². The lowest BCUT2D eigenvalue weighted by Gasteiger charge is -2.13. The first-order valence-electron chi connectivity index (χ1n) is 10.2. The van der Waals surface area contributed by atoms with Gasteiger partial charge in [0.1, 0.15) is 12.3 Å². The van der Waals surface area contributed by atoms with Crippen molar-refractivity contribution >= 4 is 16.9 Å². The van der Waals surface area contributed by atoms with Gasteiger partial charge in [-0.15, -0.1) is 0 Å². The molecule has 0 aliphatic rings. The van der Waals surface area contributed by atoms with Crippen molar-refractivity contribution in [3.8, 4) is 11.4 Å². The smallest absolute Gasteiger partial charge is 0.280 e. The van der Waals surface area contributed by atoms with Crippen molar-refractivity contribution in [2.75, 3.05) is 7.11 Å². The molecule has 0 saturated carbocycles. The summed E-state index contributed by atoms with van der Waals surface area (Å²) >= 11 is 0. The largest absolute Gasteiger partial charge is 0.497 e. The fraction of sp³-hybridized carbons (Fsp3) is 0.208. The number of nitrogens with zero attached hydrogens (tertiary/aromatic N) is 3. The molecule has 0 spiro atoms. The normalized spacial score (nSPS) is 10.9. The maximum absolute atomic E-state index is 13.1. The molecule has 0 bridgehead atoms. The summed E-state index contributed by atoms with van der Waals surface area (Å²) < 4.78 is 8.32. The molecule has 0 aliphatic heterocycles. The highest BCUT2D eigenvalue weighted by atomic mass is 16.5. The van der Waals surface area contributed by atoms with Gasteiger partial charge in [-0.25, -0.2) is 9.67 Å². The number of nitrogens with one attached hydrogen (secondary N) is 1. The third-order valence-electron chi connectivity index (χ3n) is 5.20. The van der Waals surface area contributed by atoms with Crippen molar-refractivity contribution in [1.29, 1.82) is 0 Å². The van der Waals surface area contributed by atoms with Gasteiger partial charge >= 0.3 is 0 Å². The van der Waals surface area contributed by atoms with Crippen LogP contribution in [0.15, 0.2) is 71.7 Å². The van der Waals surface area contributed by atoms with Gasteiger partial charge in [-0.2, -0.15) is 0 Å². The molecule has 0 aliphatic carbocycles. The molecule has 2 heterocycles. The second-order valence-electron chi connectivity index (χ2n) is 7.20. The van der Waals surface area contributed by atoms with E-state index in [0.717, 1.165) is 23.3 Å². The number of carbonyl (C=O) groups is 1. The van der Waals surface area contributed by atoms with Crippen molar-refractivity contribution in [2.45, 2.75) is 26.4 Å². The van der Waals surface area contributed by atoms with E-state index < -0.39 is 0 Å². The Labute approximate surface area is 179 Å². The van der Waals surface area contributed by atoms with Crippen LogP contribution in [0.4, 0.5) is 0 Å². The molecule has 0 radical (unpaired) electrons. The molecule has 1 amide bonds. The minimum absolute atomic E-state index is 0.0255. The molecule has 158 valence electrons. The highest BCUT2D eigenvalue weighted by Crippen LogP contribution is 2.15. The summed E-state index contributed by atoms with van der Waals surface area (Å²) in [6.07, 6.45) is 2.48.